The van der Waals surface area contributed by atoms with Crippen molar-refractivity contribution < 1.29 is 0 Å². The molecule has 1 aliphatic rings. The van der Waals surface area contributed by atoms with Gasteiger partial charge in [-0.25, -0.2) is 0 Å². The van der Waals surface area contributed by atoms with Crippen LogP contribution >= 0.6 is 0 Å². The summed E-state index contributed by atoms with van der Waals surface area (Å²) in [5.41, 5.74) is 2.67. The van der Waals surface area contributed by atoms with E-state index in [1.54, 1.807) is 0 Å². The molecule has 0 amide bonds. The second-order valence-corrected chi connectivity index (χ2v) is 6.05. The van der Waals surface area contributed by atoms with Gasteiger partial charge in [-0.15, -0.1) is 0 Å². The average molecular weight is 260 g/mol. The fourth-order valence-electron chi connectivity index (χ4n) is 2.77. The lowest BCUT2D eigenvalue weighted by molar-refractivity contribution is 0.108. The fourth-order valence-corrected chi connectivity index (χ4v) is 2.77. The summed E-state index contributed by atoms with van der Waals surface area (Å²) in [5.74, 6) is 0. The predicted molar refractivity (Wildman–Crippen MR) is 75.4 cm³/mol. The van der Waals surface area contributed by atoms with Gasteiger partial charge >= 0.3 is 0 Å². The minimum Gasteiger partial charge on any atom is -0.297 e. The highest BCUT2D eigenvalue weighted by Crippen LogP contribution is 2.34. The Bertz CT molecular complexity index is 461. The summed E-state index contributed by atoms with van der Waals surface area (Å²) in [4.78, 5) is 2.47. The SMILES string of the molecule is CCC1(C)CCN(Cc2nn(C)cc2CC#N)CC1. The Morgan fingerprint density at radius 2 is 2.11 bits per heavy atom. The van der Waals surface area contributed by atoms with E-state index in [9.17, 15) is 0 Å². The first-order valence-electron chi connectivity index (χ1n) is 7.17. The van der Waals surface area contributed by atoms with Crippen molar-refractivity contribution in [3.63, 3.8) is 0 Å². The topological polar surface area (TPSA) is 44.9 Å². The van der Waals surface area contributed by atoms with Crippen LogP contribution in [0.25, 0.3) is 0 Å². The van der Waals surface area contributed by atoms with E-state index in [4.69, 9.17) is 5.26 Å². The van der Waals surface area contributed by atoms with Gasteiger partial charge in [0.25, 0.3) is 0 Å². The van der Waals surface area contributed by atoms with Gasteiger partial charge in [-0.2, -0.15) is 10.4 Å². The maximum absolute atomic E-state index is 8.86. The third-order valence-corrected chi connectivity index (χ3v) is 4.55. The van der Waals surface area contributed by atoms with Gasteiger partial charge in [-0.05, 0) is 31.3 Å². The van der Waals surface area contributed by atoms with Crippen LogP contribution in [0.1, 0.15) is 44.4 Å². The molecule has 4 nitrogen and oxygen atoms in total. The van der Waals surface area contributed by atoms with Crippen molar-refractivity contribution in [3.05, 3.63) is 17.5 Å². The molecule has 4 heteroatoms. The zero-order valence-electron chi connectivity index (χ0n) is 12.3. The van der Waals surface area contributed by atoms with Crippen LogP contribution in [0, 0.1) is 16.7 Å². The quantitative estimate of drug-likeness (QED) is 0.835. The van der Waals surface area contributed by atoms with Crippen molar-refractivity contribution in [2.24, 2.45) is 12.5 Å². The molecule has 0 atom stereocenters. The molecule has 0 saturated carbocycles. The Balaban J connectivity index is 1.98. The molecule has 0 radical (unpaired) electrons. The maximum Gasteiger partial charge on any atom is 0.0807 e. The molecule has 104 valence electrons. The van der Waals surface area contributed by atoms with Crippen molar-refractivity contribution in [1.29, 1.82) is 5.26 Å². The van der Waals surface area contributed by atoms with E-state index in [1.165, 1.54) is 19.3 Å². The van der Waals surface area contributed by atoms with E-state index in [1.807, 2.05) is 17.9 Å². The Kier molecular flexibility index (Phi) is 4.26. The Morgan fingerprint density at radius 3 is 2.68 bits per heavy atom. The van der Waals surface area contributed by atoms with E-state index < -0.39 is 0 Å². The van der Waals surface area contributed by atoms with E-state index >= 15 is 0 Å². The minimum atomic E-state index is 0.462. The molecule has 2 rings (SSSR count). The number of likely N-dealkylation sites (tertiary alicyclic amines) is 1. The normalized spacial score (nSPS) is 19.3. The molecule has 1 aromatic heterocycles. The van der Waals surface area contributed by atoms with E-state index in [2.05, 4.69) is 29.9 Å². The molecule has 19 heavy (non-hydrogen) atoms. The minimum absolute atomic E-state index is 0.462. The molecule has 0 bridgehead atoms. The zero-order valence-corrected chi connectivity index (χ0v) is 12.3. The molecule has 0 N–H and O–H groups in total. The lowest BCUT2D eigenvalue weighted by Gasteiger charge is -2.38. The van der Waals surface area contributed by atoms with Crippen molar-refractivity contribution in [3.8, 4) is 6.07 Å². The molecule has 0 aliphatic carbocycles. The standard InChI is InChI=1S/C15H24N4/c1-4-15(2)6-9-19(10-7-15)12-14-13(5-8-16)11-18(3)17-14/h11H,4-7,9-10,12H2,1-3H3. The maximum atomic E-state index is 8.86. The van der Waals surface area contributed by atoms with Crippen LogP contribution in [0.5, 0.6) is 0 Å². The van der Waals surface area contributed by atoms with Gasteiger partial charge in [0.1, 0.15) is 0 Å². The van der Waals surface area contributed by atoms with Gasteiger partial charge in [-0.3, -0.25) is 9.58 Å². The molecule has 1 aliphatic heterocycles. The Hall–Kier alpha value is -1.34. The molecule has 0 spiro atoms. The first-order chi connectivity index (χ1) is 9.06. The summed E-state index contributed by atoms with van der Waals surface area (Å²) in [6.07, 6.45) is 6.24. The third kappa shape index (κ3) is 3.36. The summed E-state index contributed by atoms with van der Waals surface area (Å²) in [6, 6.07) is 2.23. The van der Waals surface area contributed by atoms with Crippen LogP contribution in [0.4, 0.5) is 0 Å². The molecule has 1 aromatic rings. The first-order valence-corrected chi connectivity index (χ1v) is 7.17. The van der Waals surface area contributed by atoms with Crippen LogP contribution in [0.2, 0.25) is 0 Å². The van der Waals surface area contributed by atoms with E-state index in [0.717, 1.165) is 30.9 Å². The fraction of sp³-hybridized carbons (Fsp3) is 0.733. The number of rotatable bonds is 4. The van der Waals surface area contributed by atoms with Gasteiger partial charge in [-0.1, -0.05) is 20.3 Å². The van der Waals surface area contributed by atoms with Crippen LogP contribution in [0.3, 0.4) is 0 Å². The van der Waals surface area contributed by atoms with E-state index in [0.29, 0.717) is 11.8 Å². The molecule has 1 fully saturated rings. The van der Waals surface area contributed by atoms with Gasteiger partial charge in [0.15, 0.2) is 0 Å². The average Bonchev–Trinajstić information content (AvgIpc) is 2.73. The Labute approximate surface area is 116 Å². The smallest absolute Gasteiger partial charge is 0.0807 e. The largest absolute Gasteiger partial charge is 0.297 e. The zero-order chi connectivity index (χ0) is 13.9. The number of nitrogens with zero attached hydrogens (tertiary/aromatic N) is 4. The third-order valence-electron chi connectivity index (χ3n) is 4.55. The van der Waals surface area contributed by atoms with Gasteiger partial charge in [0.2, 0.25) is 0 Å². The molecule has 1 saturated heterocycles. The summed E-state index contributed by atoms with van der Waals surface area (Å²) >= 11 is 0. The van der Waals surface area contributed by atoms with Gasteiger partial charge in [0, 0.05) is 25.4 Å². The Morgan fingerprint density at radius 1 is 1.42 bits per heavy atom. The number of aromatic nitrogens is 2. The summed E-state index contributed by atoms with van der Waals surface area (Å²) in [6.45, 7) is 7.86. The molecule has 2 heterocycles. The summed E-state index contributed by atoms with van der Waals surface area (Å²) in [5, 5.41) is 13.4. The lowest BCUT2D eigenvalue weighted by atomic mass is 9.78. The number of aryl methyl sites for hydroxylation is 1. The highest BCUT2D eigenvalue weighted by molar-refractivity contribution is 5.20. The van der Waals surface area contributed by atoms with Crippen LogP contribution in [-0.2, 0) is 20.0 Å². The number of piperidine rings is 1. The van der Waals surface area contributed by atoms with Crippen molar-refractivity contribution in [1.82, 2.24) is 14.7 Å². The highest BCUT2D eigenvalue weighted by Gasteiger charge is 2.28. The van der Waals surface area contributed by atoms with Crippen LogP contribution < -0.4 is 0 Å². The second kappa shape index (κ2) is 5.75. The molecular weight excluding hydrogens is 236 g/mol. The van der Waals surface area contributed by atoms with Crippen LogP contribution in [-0.4, -0.2) is 27.8 Å². The summed E-state index contributed by atoms with van der Waals surface area (Å²) in [7, 11) is 1.93. The molecule has 0 unspecified atom stereocenters. The monoisotopic (exact) mass is 260 g/mol. The second-order valence-electron chi connectivity index (χ2n) is 6.05. The summed E-state index contributed by atoms with van der Waals surface area (Å²) < 4.78 is 1.82. The molecule has 0 aromatic carbocycles. The van der Waals surface area contributed by atoms with E-state index in [-0.39, 0.29) is 0 Å². The van der Waals surface area contributed by atoms with Crippen LogP contribution in [0.15, 0.2) is 6.20 Å². The number of hydrogen-bond donors (Lipinski definition) is 0. The number of nitriles is 1. The van der Waals surface area contributed by atoms with Crippen molar-refractivity contribution in [2.45, 2.75) is 46.1 Å². The number of hydrogen-bond acceptors (Lipinski definition) is 3. The molecular formula is C15H24N4. The van der Waals surface area contributed by atoms with Crippen molar-refractivity contribution in [2.75, 3.05) is 13.1 Å². The van der Waals surface area contributed by atoms with Crippen molar-refractivity contribution >= 4 is 0 Å². The highest BCUT2D eigenvalue weighted by atomic mass is 15.3. The lowest BCUT2D eigenvalue weighted by Crippen LogP contribution is -2.38. The van der Waals surface area contributed by atoms with Gasteiger partial charge in [0.05, 0.1) is 18.2 Å². The van der Waals surface area contributed by atoms with Gasteiger partial charge < -0.3 is 0 Å². The predicted octanol–water partition coefficient (Wildman–Crippen LogP) is 2.50. The first kappa shape index (κ1) is 14.1.